The minimum absolute atomic E-state index is 0.151. The molecule has 0 radical (unpaired) electrons. The molecule has 0 N–H and O–H groups in total. The maximum Gasteiger partial charge on any atom is 0.268 e. The Hall–Kier alpha value is -3.69. The molecule has 1 fully saturated rings. The van der Waals surface area contributed by atoms with E-state index in [4.69, 9.17) is 9.47 Å². The first-order valence-electron chi connectivity index (χ1n) is 10.9. The minimum Gasteiger partial charge on any atom is -0.454 e. The molecule has 3 aliphatic heterocycles. The van der Waals surface area contributed by atoms with E-state index in [1.807, 2.05) is 84.9 Å². The summed E-state index contributed by atoms with van der Waals surface area (Å²) in [4.78, 5) is 28.6. The van der Waals surface area contributed by atoms with Crippen LogP contribution in [0.2, 0.25) is 0 Å². The summed E-state index contributed by atoms with van der Waals surface area (Å²) in [6.07, 6.45) is 1.84. The molecule has 7 nitrogen and oxygen atoms in total. The highest BCUT2D eigenvalue weighted by Crippen LogP contribution is 2.59. The molecule has 3 heterocycles. The number of hydrogen-bond donors (Lipinski definition) is 0. The van der Waals surface area contributed by atoms with E-state index in [9.17, 15) is 9.59 Å². The number of hydrogen-bond acceptors (Lipinski definition) is 8. The molecule has 1 unspecified atom stereocenters. The molecule has 1 amide bonds. The number of ether oxygens (including phenoxy) is 2. The van der Waals surface area contributed by atoms with E-state index in [0.717, 1.165) is 11.3 Å². The van der Waals surface area contributed by atoms with Gasteiger partial charge < -0.3 is 9.47 Å². The predicted molar refractivity (Wildman–Crippen MR) is 139 cm³/mol. The number of benzene rings is 3. The average Bonchev–Trinajstić information content (AvgIpc) is 3.56. The second-order valence-corrected chi connectivity index (χ2v) is 10.6. The van der Waals surface area contributed by atoms with Crippen LogP contribution in [0.3, 0.4) is 0 Å². The fraction of sp³-hybridized carbons (Fsp3) is 0.115. The Morgan fingerprint density at radius 2 is 1.63 bits per heavy atom. The van der Waals surface area contributed by atoms with Gasteiger partial charge in [-0.1, -0.05) is 54.2 Å². The number of amides is 1. The van der Waals surface area contributed by atoms with Crippen LogP contribution in [-0.2, 0) is 9.59 Å². The Balaban J connectivity index is 1.49. The number of nitrogens with zero attached hydrogens (tertiary/aromatic N) is 3. The highest BCUT2D eigenvalue weighted by Gasteiger charge is 2.59. The van der Waals surface area contributed by atoms with E-state index in [1.54, 1.807) is 9.91 Å². The fourth-order valence-electron chi connectivity index (χ4n) is 4.05. The Kier molecular flexibility index (Phi) is 5.31. The maximum absolute atomic E-state index is 14.0. The largest absolute Gasteiger partial charge is 0.454 e. The third-order valence-electron chi connectivity index (χ3n) is 5.64. The van der Waals surface area contributed by atoms with Crippen LogP contribution >= 0.6 is 23.5 Å². The van der Waals surface area contributed by atoms with Crippen LogP contribution in [0.15, 0.2) is 88.9 Å². The molecule has 1 atom stereocenters. The van der Waals surface area contributed by atoms with E-state index in [2.05, 4.69) is 5.10 Å². The SMILES string of the molecule is CC(=O)C1=NN(c2ccccc2)C2(SC(=Cc3ccc4c(c3)OCO4)C(=O)N2c2ccccc2)S1. The zero-order chi connectivity index (χ0) is 24.0. The summed E-state index contributed by atoms with van der Waals surface area (Å²) in [5, 5.41) is 6.79. The van der Waals surface area contributed by atoms with E-state index in [-0.39, 0.29) is 18.5 Å². The summed E-state index contributed by atoms with van der Waals surface area (Å²) in [6, 6.07) is 24.6. The summed E-state index contributed by atoms with van der Waals surface area (Å²) in [7, 11) is 0. The highest BCUT2D eigenvalue weighted by atomic mass is 32.2. The number of rotatable bonds is 4. The normalized spacial score (nSPS) is 21.8. The van der Waals surface area contributed by atoms with Crippen molar-refractivity contribution in [3.63, 3.8) is 0 Å². The number of anilines is 2. The lowest BCUT2D eigenvalue weighted by atomic mass is 10.2. The molecular weight excluding hydrogens is 482 g/mol. The first-order valence-corrected chi connectivity index (χ1v) is 12.5. The van der Waals surface area contributed by atoms with Crippen molar-refractivity contribution < 1.29 is 19.1 Å². The molecule has 6 rings (SSSR count). The zero-order valence-electron chi connectivity index (χ0n) is 18.6. The highest BCUT2D eigenvalue weighted by molar-refractivity contribution is 8.29. The van der Waals surface area contributed by atoms with Gasteiger partial charge in [0.2, 0.25) is 11.1 Å². The van der Waals surface area contributed by atoms with Crippen LogP contribution in [0.1, 0.15) is 12.5 Å². The molecule has 0 bridgehead atoms. The molecule has 1 saturated heterocycles. The third kappa shape index (κ3) is 3.67. The van der Waals surface area contributed by atoms with Gasteiger partial charge in [-0.05, 0) is 59.8 Å². The van der Waals surface area contributed by atoms with E-state index in [0.29, 0.717) is 27.1 Å². The summed E-state index contributed by atoms with van der Waals surface area (Å²) in [5.41, 5.74) is 2.31. The van der Waals surface area contributed by atoms with Gasteiger partial charge in [0, 0.05) is 12.6 Å². The van der Waals surface area contributed by atoms with Crippen molar-refractivity contribution in [2.45, 2.75) is 11.3 Å². The summed E-state index contributed by atoms with van der Waals surface area (Å²) >= 11 is 2.65. The number of carbonyl (C=O) groups is 2. The van der Waals surface area contributed by atoms with Gasteiger partial charge >= 0.3 is 0 Å². The molecule has 35 heavy (non-hydrogen) atoms. The van der Waals surface area contributed by atoms with E-state index >= 15 is 0 Å². The van der Waals surface area contributed by atoms with Gasteiger partial charge in [0.05, 0.1) is 10.6 Å². The Morgan fingerprint density at radius 3 is 2.34 bits per heavy atom. The Bertz CT molecular complexity index is 1390. The van der Waals surface area contributed by atoms with E-state index in [1.165, 1.54) is 30.4 Å². The lowest BCUT2D eigenvalue weighted by molar-refractivity contribution is -0.114. The number of Topliss-reactive ketones (excluding diaryl/α,β-unsaturated/α-hetero) is 1. The Morgan fingerprint density at radius 1 is 0.943 bits per heavy atom. The molecule has 0 aliphatic carbocycles. The van der Waals surface area contributed by atoms with Crippen molar-refractivity contribution in [2.75, 3.05) is 16.7 Å². The summed E-state index contributed by atoms with van der Waals surface area (Å²) in [6.45, 7) is 1.67. The molecule has 9 heteroatoms. The van der Waals surface area contributed by atoms with Crippen LogP contribution in [0.5, 0.6) is 11.5 Å². The van der Waals surface area contributed by atoms with Crippen LogP contribution < -0.4 is 19.4 Å². The first-order chi connectivity index (χ1) is 17.0. The van der Waals surface area contributed by atoms with Gasteiger partial charge in [0.15, 0.2) is 22.3 Å². The smallest absolute Gasteiger partial charge is 0.268 e. The molecular formula is C26H19N3O4S2. The monoisotopic (exact) mass is 501 g/mol. The average molecular weight is 502 g/mol. The number of ketones is 1. The van der Waals surface area contributed by atoms with Crippen molar-refractivity contribution in [1.82, 2.24) is 0 Å². The molecule has 3 aromatic carbocycles. The summed E-state index contributed by atoms with van der Waals surface area (Å²) < 4.78 is 9.88. The molecule has 174 valence electrons. The van der Waals surface area contributed by atoms with Crippen LogP contribution in [0.25, 0.3) is 6.08 Å². The number of thioether (sulfide) groups is 2. The molecule has 0 saturated carbocycles. The molecule has 3 aromatic rings. The predicted octanol–water partition coefficient (Wildman–Crippen LogP) is 5.30. The molecule has 3 aliphatic rings. The van der Waals surface area contributed by atoms with Gasteiger partial charge in [-0.2, -0.15) is 5.10 Å². The zero-order valence-corrected chi connectivity index (χ0v) is 20.2. The fourth-order valence-corrected chi connectivity index (χ4v) is 6.93. The second-order valence-electron chi connectivity index (χ2n) is 7.96. The first kappa shape index (κ1) is 21.8. The minimum atomic E-state index is -1.04. The van der Waals surface area contributed by atoms with Gasteiger partial charge in [-0.15, -0.1) is 0 Å². The van der Waals surface area contributed by atoms with Gasteiger partial charge in [-0.25, -0.2) is 5.01 Å². The lowest BCUT2D eigenvalue weighted by Crippen LogP contribution is -2.51. The summed E-state index contributed by atoms with van der Waals surface area (Å²) in [5.74, 6) is 1.00. The number of hydrazone groups is 1. The molecule has 1 spiro atoms. The quantitative estimate of drug-likeness (QED) is 0.449. The van der Waals surface area contributed by atoms with Crippen molar-refractivity contribution in [3.05, 3.63) is 89.3 Å². The van der Waals surface area contributed by atoms with Crippen molar-refractivity contribution >= 4 is 57.7 Å². The van der Waals surface area contributed by atoms with Crippen molar-refractivity contribution in [2.24, 2.45) is 5.10 Å². The van der Waals surface area contributed by atoms with Gasteiger partial charge in [-0.3, -0.25) is 14.5 Å². The number of fused-ring (bicyclic) bond motifs is 1. The third-order valence-corrected chi connectivity index (χ3v) is 8.46. The van der Waals surface area contributed by atoms with Gasteiger partial charge in [0.1, 0.15) is 0 Å². The van der Waals surface area contributed by atoms with Gasteiger partial charge in [0.25, 0.3) is 5.91 Å². The van der Waals surface area contributed by atoms with Crippen LogP contribution in [-0.4, -0.2) is 27.9 Å². The van der Waals surface area contributed by atoms with Crippen molar-refractivity contribution in [1.29, 1.82) is 0 Å². The van der Waals surface area contributed by atoms with Crippen LogP contribution in [0.4, 0.5) is 11.4 Å². The second kappa shape index (κ2) is 8.51. The Labute approximate surface area is 210 Å². The maximum atomic E-state index is 14.0. The number of carbonyl (C=O) groups excluding carboxylic acids is 2. The standard InChI is InChI=1S/C26H19N3O4S2/c1-17(30)24-27-29(20-10-6-3-7-11-20)26(35-24)28(19-8-4-2-5-9-19)25(31)23(34-26)15-18-12-13-21-22(14-18)33-16-32-21/h2-15H,16H2,1H3. The number of para-hydroxylation sites is 2. The van der Waals surface area contributed by atoms with E-state index < -0.39 is 4.33 Å². The topological polar surface area (TPSA) is 71.4 Å². The van der Waals surface area contributed by atoms with Crippen LogP contribution in [0, 0.1) is 0 Å². The molecule has 0 aromatic heterocycles. The lowest BCUT2D eigenvalue weighted by Gasteiger charge is -2.38. The van der Waals surface area contributed by atoms with Crippen molar-refractivity contribution in [3.8, 4) is 11.5 Å².